The Morgan fingerprint density at radius 2 is 0.804 bits per heavy atom. The van der Waals surface area contributed by atoms with E-state index in [1.807, 2.05) is 170 Å². The first kappa shape index (κ1) is 35.5. The molecule has 6 nitrogen and oxygen atoms in total. The lowest BCUT2D eigenvalue weighted by atomic mass is 9.82. The largest absolute Gasteiger partial charge is 0.526 e. The number of benzene rings is 8. The molecule has 0 bridgehead atoms. The van der Waals surface area contributed by atoms with Gasteiger partial charge in [-0.05, 0) is 67.4 Å². The van der Waals surface area contributed by atoms with Crippen molar-refractivity contribution in [3.05, 3.63) is 170 Å². The van der Waals surface area contributed by atoms with Gasteiger partial charge >= 0.3 is 23.3 Å². The molecule has 56 heavy (non-hydrogen) atoms. The summed E-state index contributed by atoms with van der Waals surface area (Å²) >= 11 is 0. The first-order chi connectivity index (χ1) is 27.0. The van der Waals surface area contributed by atoms with E-state index < -0.39 is 23.3 Å². The summed E-state index contributed by atoms with van der Waals surface area (Å²) < 4.78 is 97.9. The van der Waals surface area contributed by atoms with Gasteiger partial charge in [0, 0.05) is 21.9 Å². The van der Waals surface area contributed by atoms with Crippen molar-refractivity contribution in [2.75, 3.05) is 0 Å². The van der Waals surface area contributed by atoms with Crippen molar-refractivity contribution >= 4 is 39.3 Å². The minimum absolute atomic E-state index is 0.110. The molecule has 11 heteroatoms. The molecule has 0 radical (unpaired) electrons. The monoisotopic (exact) mass is 783 g/mol. The third-order valence-corrected chi connectivity index (χ3v) is 13.1. The van der Waals surface area contributed by atoms with Crippen molar-refractivity contribution in [2.24, 2.45) is 0 Å². The van der Waals surface area contributed by atoms with Crippen LogP contribution in [0.5, 0.6) is 11.5 Å². The van der Waals surface area contributed by atoms with E-state index in [-0.39, 0.29) is 11.5 Å². The number of fused-ring (bicyclic) bond motifs is 7. The Hall–Kier alpha value is -6.19. The highest BCUT2D eigenvalue weighted by atomic mass is 32.2. The summed E-state index contributed by atoms with van der Waals surface area (Å²) in [7, 11) is -11.8. The third kappa shape index (κ3) is 6.12. The number of halogens is 3. The Morgan fingerprint density at radius 1 is 0.464 bits per heavy atom. The van der Waals surface area contributed by atoms with Gasteiger partial charge in [-0.2, -0.15) is 13.2 Å². The van der Waals surface area contributed by atoms with Gasteiger partial charge in [0.2, 0.25) is 0 Å². The number of rotatable bonds is 6. The molecule has 9 rings (SSSR count). The second kappa shape index (κ2) is 13.5. The van der Waals surface area contributed by atoms with Gasteiger partial charge < -0.3 is 9.05 Å². The van der Waals surface area contributed by atoms with Gasteiger partial charge in [-0.15, -0.1) is 0 Å². The average molecular weight is 784 g/mol. The minimum Gasteiger partial charge on any atom is -0.403 e. The first-order valence-corrected chi connectivity index (χ1v) is 20.5. The Kier molecular flexibility index (Phi) is 8.58. The summed E-state index contributed by atoms with van der Waals surface area (Å²) in [6.07, 6.45) is 0. The van der Waals surface area contributed by atoms with Crippen molar-refractivity contribution in [3.8, 4) is 67.1 Å². The molecule has 0 saturated carbocycles. The molecule has 1 aliphatic rings. The number of nitrogens with one attached hydrogen (secondary N) is 1. The standard InChI is InChI=1S/C45H29F3NO5PS/c46-45(47,48)56(51,52)49-55(50)53-43-39-33(23-13-25-35(39)29-15-5-1-6-16-29)27-37(31-19-9-3-10-20-31)41(43)42-38(32-21-11-4-12-22-32)28-34-24-14-26-36(40(34)44(42)54-55)30-17-7-2-8-18-30/h1-28H,(H,49,50). The molecule has 0 fully saturated rings. The normalized spacial score (nSPS) is 13.6. The highest BCUT2D eigenvalue weighted by molar-refractivity contribution is 7.95. The SMILES string of the molecule is O=P1(NS(=O)(=O)C(F)(F)F)Oc2c(c(-c3ccccc3)cc3cccc(-c4ccccc4)c23)-c2c(-c3ccccc3)cc3cccc(-c4ccccc4)c3c2O1. The van der Waals surface area contributed by atoms with Gasteiger partial charge in [0.05, 0.1) is 0 Å². The fraction of sp³-hybridized carbons (Fsp3) is 0.0222. The van der Waals surface area contributed by atoms with E-state index in [9.17, 15) is 21.6 Å². The zero-order chi connectivity index (χ0) is 38.7. The van der Waals surface area contributed by atoms with Gasteiger partial charge in [0.15, 0.2) is 0 Å². The maximum absolute atomic E-state index is 15.3. The van der Waals surface area contributed by atoms with Crippen LogP contribution in [-0.4, -0.2) is 13.9 Å². The van der Waals surface area contributed by atoms with Crippen LogP contribution in [0.15, 0.2) is 170 Å². The summed E-state index contributed by atoms with van der Waals surface area (Å²) in [5.41, 5.74) is 0.168. The van der Waals surface area contributed by atoms with Gasteiger partial charge in [-0.3, -0.25) is 0 Å². The van der Waals surface area contributed by atoms with E-state index in [1.165, 1.54) is 4.49 Å². The number of sulfonamides is 1. The van der Waals surface area contributed by atoms with Crippen LogP contribution in [0.25, 0.3) is 77.2 Å². The maximum atomic E-state index is 15.3. The second-order valence-corrected chi connectivity index (χ2v) is 16.8. The molecule has 0 aliphatic carbocycles. The minimum atomic E-state index is -6.30. The fourth-order valence-electron chi connectivity index (χ4n) is 7.42. The Labute approximate surface area is 320 Å². The smallest absolute Gasteiger partial charge is 0.403 e. The van der Waals surface area contributed by atoms with Crippen molar-refractivity contribution in [1.29, 1.82) is 0 Å². The van der Waals surface area contributed by atoms with E-state index in [4.69, 9.17) is 9.05 Å². The lowest BCUT2D eigenvalue weighted by Crippen LogP contribution is -2.36. The highest BCUT2D eigenvalue weighted by Gasteiger charge is 2.53. The lowest BCUT2D eigenvalue weighted by Gasteiger charge is -2.22. The van der Waals surface area contributed by atoms with Crippen molar-refractivity contribution in [2.45, 2.75) is 5.51 Å². The molecule has 8 aromatic rings. The van der Waals surface area contributed by atoms with Crippen LogP contribution in [0.2, 0.25) is 0 Å². The summed E-state index contributed by atoms with van der Waals surface area (Å²) in [6, 6.07) is 52.2. The molecule has 0 aromatic heterocycles. The van der Waals surface area contributed by atoms with Crippen LogP contribution in [0.4, 0.5) is 13.2 Å². The molecule has 0 atom stereocenters. The first-order valence-electron chi connectivity index (χ1n) is 17.5. The second-order valence-electron chi connectivity index (χ2n) is 13.2. The molecule has 8 aromatic carbocycles. The zero-order valence-electron chi connectivity index (χ0n) is 29.2. The topological polar surface area (TPSA) is 81.7 Å². The van der Waals surface area contributed by atoms with E-state index in [1.54, 1.807) is 0 Å². The summed E-state index contributed by atoms with van der Waals surface area (Å²) in [6.45, 7) is 0. The predicted octanol–water partition coefficient (Wildman–Crippen LogP) is 12.6. The maximum Gasteiger partial charge on any atom is 0.526 e. The van der Waals surface area contributed by atoms with Gasteiger partial charge in [0.1, 0.15) is 11.5 Å². The van der Waals surface area contributed by atoms with Crippen LogP contribution in [0.3, 0.4) is 0 Å². The highest BCUT2D eigenvalue weighted by Crippen LogP contribution is 2.63. The Bertz CT molecular complexity index is 2790. The van der Waals surface area contributed by atoms with Crippen molar-refractivity contribution in [1.82, 2.24) is 4.49 Å². The number of hydrogen-bond acceptors (Lipinski definition) is 5. The van der Waals surface area contributed by atoms with Gasteiger partial charge in [-0.25, -0.2) is 13.0 Å². The van der Waals surface area contributed by atoms with Gasteiger partial charge in [0.25, 0.3) is 0 Å². The van der Waals surface area contributed by atoms with Crippen LogP contribution in [0.1, 0.15) is 0 Å². The van der Waals surface area contributed by atoms with E-state index in [2.05, 4.69) is 0 Å². The number of hydrogen-bond donors (Lipinski definition) is 1. The number of alkyl halides is 3. The Morgan fingerprint density at radius 3 is 1.14 bits per heavy atom. The van der Waals surface area contributed by atoms with Gasteiger partial charge in [-0.1, -0.05) is 162 Å². The molecular formula is C45H29F3NO5PS. The zero-order valence-corrected chi connectivity index (χ0v) is 30.9. The molecule has 276 valence electrons. The molecule has 0 amide bonds. The van der Waals surface area contributed by atoms with Crippen LogP contribution in [-0.2, 0) is 14.6 Å². The van der Waals surface area contributed by atoms with Crippen molar-refractivity contribution < 1.29 is 35.2 Å². The van der Waals surface area contributed by atoms with E-state index in [0.29, 0.717) is 66.1 Å². The fourth-order valence-corrected chi connectivity index (χ4v) is 10.2. The van der Waals surface area contributed by atoms with Crippen LogP contribution < -0.4 is 13.5 Å². The van der Waals surface area contributed by atoms with E-state index in [0.717, 1.165) is 11.1 Å². The quantitative estimate of drug-likeness (QED) is 0.170. The van der Waals surface area contributed by atoms with Crippen molar-refractivity contribution in [3.63, 3.8) is 0 Å². The molecular weight excluding hydrogens is 755 g/mol. The average Bonchev–Trinajstić information content (AvgIpc) is 3.34. The van der Waals surface area contributed by atoms with Crippen LogP contribution in [0, 0.1) is 0 Å². The molecule has 1 N–H and O–H groups in total. The molecule has 1 heterocycles. The lowest BCUT2D eigenvalue weighted by molar-refractivity contribution is -0.0443. The molecule has 0 unspecified atom stereocenters. The Balaban J connectivity index is 1.54. The molecule has 1 aliphatic heterocycles. The molecule has 0 spiro atoms. The molecule has 0 saturated heterocycles. The summed E-state index contributed by atoms with van der Waals surface area (Å²) in [5.74, 6) is -0.219. The van der Waals surface area contributed by atoms with Crippen LogP contribution >= 0.6 is 7.75 Å². The summed E-state index contributed by atoms with van der Waals surface area (Å²) in [5, 5.41) is 1.99. The third-order valence-electron chi connectivity index (χ3n) is 9.79. The van der Waals surface area contributed by atoms with E-state index >= 15 is 4.57 Å². The summed E-state index contributed by atoms with van der Waals surface area (Å²) in [4.78, 5) is 0. The predicted molar refractivity (Wildman–Crippen MR) is 216 cm³/mol.